The summed E-state index contributed by atoms with van der Waals surface area (Å²) < 4.78 is 9.20. The molecule has 13 aromatic rings. The molecule has 9 aromatic carbocycles. The molecule has 4 aromatic heterocycles. The molecule has 5 nitrogen and oxygen atoms in total. The van der Waals surface area contributed by atoms with Gasteiger partial charge in [-0.3, -0.25) is 0 Å². The van der Waals surface area contributed by atoms with Gasteiger partial charge in [-0.05, 0) is 77.5 Å². The predicted octanol–water partition coefficient (Wildman–Crippen LogP) is 14.9. The molecule has 13 rings (SSSR count). The predicted molar refractivity (Wildman–Crippen MR) is 251 cm³/mol. The summed E-state index contributed by atoms with van der Waals surface area (Å²) in [6, 6.07) is 64.4. The second-order valence-corrected chi connectivity index (χ2v) is 16.5. The van der Waals surface area contributed by atoms with Gasteiger partial charge in [0.15, 0.2) is 0 Å². The third kappa shape index (κ3) is 4.32. The molecule has 0 N–H and O–H groups in total. The van der Waals surface area contributed by atoms with Crippen LogP contribution in [0.5, 0.6) is 0 Å². The number of nitrogens with zero attached hydrogens (tertiary/aromatic N) is 5. The number of nitriles is 1. The van der Waals surface area contributed by atoms with Crippen molar-refractivity contribution >= 4 is 113 Å². The quantitative estimate of drug-likeness (QED) is 0.165. The number of hydrogen-bond donors (Lipinski definition) is 0. The molecular formula is C54H29N5S. The maximum absolute atomic E-state index is 11.1. The van der Waals surface area contributed by atoms with Gasteiger partial charge in [-0.25, -0.2) is 4.85 Å². The molecule has 60 heavy (non-hydrogen) atoms. The zero-order valence-electron chi connectivity index (χ0n) is 31.9. The molecule has 276 valence electrons. The SMILES string of the molecule is [C-]#[N+]c1cc(-n2c3ccc(-n4c5ccccc5c5ccccc54)cc3c3c4ccccc4ccc32)c(C#N)cc1-n1c2ccccc2c2c3sc4ccccc4c3ccc21. The van der Waals surface area contributed by atoms with Gasteiger partial charge in [0.05, 0.1) is 56.6 Å². The number of hydrogen-bond acceptors (Lipinski definition) is 2. The van der Waals surface area contributed by atoms with E-state index in [1.54, 1.807) is 11.3 Å². The highest BCUT2D eigenvalue weighted by Crippen LogP contribution is 2.46. The van der Waals surface area contributed by atoms with Crippen molar-refractivity contribution in [3.63, 3.8) is 0 Å². The van der Waals surface area contributed by atoms with Crippen LogP contribution >= 0.6 is 11.3 Å². The Balaban J connectivity index is 1.10. The first-order chi connectivity index (χ1) is 29.7. The van der Waals surface area contributed by atoms with E-state index >= 15 is 0 Å². The number of fused-ring (bicyclic) bond motifs is 15. The third-order valence-electron chi connectivity index (χ3n) is 12.5. The number of aromatic nitrogens is 3. The molecule has 6 heteroatoms. The maximum Gasteiger partial charge on any atom is 0.212 e. The first-order valence-corrected chi connectivity index (χ1v) is 20.8. The third-order valence-corrected chi connectivity index (χ3v) is 13.7. The van der Waals surface area contributed by atoms with Crippen molar-refractivity contribution in [3.8, 4) is 23.1 Å². The first kappa shape index (κ1) is 32.9. The molecule has 0 unspecified atom stereocenters. The fourth-order valence-corrected chi connectivity index (χ4v) is 11.2. The zero-order valence-corrected chi connectivity index (χ0v) is 32.7. The van der Waals surface area contributed by atoms with Gasteiger partial charge in [0.25, 0.3) is 0 Å². The zero-order chi connectivity index (χ0) is 39.6. The molecule has 0 spiro atoms. The Morgan fingerprint density at radius 3 is 1.78 bits per heavy atom. The molecule has 0 aliphatic carbocycles. The van der Waals surface area contributed by atoms with E-state index in [0.717, 1.165) is 71.1 Å². The van der Waals surface area contributed by atoms with Gasteiger partial charge in [0.2, 0.25) is 5.69 Å². The largest absolute Gasteiger partial charge is 0.319 e. The summed E-state index contributed by atoms with van der Waals surface area (Å²) in [4.78, 5) is 4.20. The normalized spacial score (nSPS) is 12.0. The summed E-state index contributed by atoms with van der Waals surface area (Å²) in [6.45, 7) is 8.65. The van der Waals surface area contributed by atoms with E-state index in [1.807, 2.05) is 18.2 Å². The summed E-state index contributed by atoms with van der Waals surface area (Å²) in [5, 5.41) is 22.7. The van der Waals surface area contributed by atoms with Crippen LogP contribution in [0, 0.1) is 17.9 Å². The van der Waals surface area contributed by atoms with Crippen molar-refractivity contribution in [1.29, 1.82) is 5.26 Å². The van der Waals surface area contributed by atoms with Gasteiger partial charge in [-0.15, -0.1) is 11.3 Å². The Labute approximate surface area is 346 Å². The van der Waals surface area contributed by atoms with E-state index in [9.17, 15) is 5.26 Å². The summed E-state index contributed by atoms with van der Waals surface area (Å²) in [5.74, 6) is 0. The molecule has 0 saturated carbocycles. The molecule has 0 aliphatic heterocycles. The smallest absolute Gasteiger partial charge is 0.212 e. The molecule has 0 fully saturated rings. The van der Waals surface area contributed by atoms with Crippen molar-refractivity contribution in [3.05, 3.63) is 193 Å². The van der Waals surface area contributed by atoms with Crippen molar-refractivity contribution in [1.82, 2.24) is 13.7 Å². The Hall–Kier alpha value is -8.16. The molecular weight excluding hydrogens is 751 g/mol. The van der Waals surface area contributed by atoms with Crippen LogP contribution in [-0.2, 0) is 0 Å². The minimum Gasteiger partial charge on any atom is -0.319 e. The average Bonchev–Trinajstić information content (AvgIpc) is 4.04. The topological polar surface area (TPSA) is 42.9 Å². The fraction of sp³-hybridized carbons (Fsp3) is 0. The lowest BCUT2D eigenvalue weighted by Gasteiger charge is -2.16. The number of rotatable bonds is 3. The monoisotopic (exact) mass is 779 g/mol. The van der Waals surface area contributed by atoms with Crippen molar-refractivity contribution in [2.24, 2.45) is 0 Å². The lowest BCUT2D eigenvalue weighted by Crippen LogP contribution is -2.02. The Kier molecular flexibility index (Phi) is 6.67. The van der Waals surface area contributed by atoms with Gasteiger partial charge in [0.1, 0.15) is 6.07 Å². The van der Waals surface area contributed by atoms with Gasteiger partial charge in [0, 0.05) is 58.2 Å². The highest BCUT2D eigenvalue weighted by atomic mass is 32.1. The molecule has 0 saturated heterocycles. The van der Waals surface area contributed by atoms with Crippen LogP contribution in [0.1, 0.15) is 5.56 Å². The second kappa shape index (κ2) is 12.2. The van der Waals surface area contributed by atoms with Crippen LogP contribution in [0.2, 0.25) is 0 Å². The first-order valence-electron chi connectivity index (χ1n) is 19.9. The minimum atomic E-state index is 0.473. The van der Waals surface area contributed by atoms with Crippen molar-refractivity contribution < 1.29 is 0 Å². The van der Waals surface area contributed by atoms with E-state index < -0.39 is 0 Å². The summed E-state index contributed by atoms with van der Waals surface area (Å²) in [6.07, 6.45) is 0. The van der Waals surface area contributed by atoms with Crippen LogP contribution < -0.4 is 0 Å². The van der Waals surface area contributed by atoms with Crippen LogP contribution in [0.4, 0.5) is 5.69 Å². The van der Waals surface area contributed by atoms with E-state index in [0.29, 0.717) is 22.6 Å². The molecule has 0 amide bonds. The lowest BCUT2D eigenvalue weighted by molar-refractivity contribution is 1.14. The molecule has 0 aliphatic rings. The second-order valence-electron chi connectivity index (χ2n) is 15.5. The summed E-state index contributed by atoms with van der Waals surface area (Å²) >= 11 is 1.81. The Bertz CT molecular complexity index is 4050. The average molecular weight is 780 g/mol. The van der Waals surface area contributed by atoms with Crippen LogP contribution in [0.3, 0.4) is 0 Å². The van der Waals surface area contributed by atoms with E-state index in [-0.39, 0.29) is 0 Å². The van der Waals surface area contributed by atoms with Crippen molar-refractivity contribution in [2.75, 3.05) is 0 Å². The molecule has 4 heterocycles. The minimum absolute atomic E-state index is 0.473. The number of para-hydroxylation sites is 3. The van der Waals surface area contributed by atoms with Crippen LogP contribution in [0.25, 0.3) is 118 Å². The standard InChI is InChI=1S/C54H29N5S/c1-56-42-30-49(33(31-55)28-50(42)59-45-20-10-6-17-40(45)53-48(59)27-24-39-38-16-7-11-21-51(38)60-54(39)53)58-46-26-23-34(29-41(46)52-35-13-3-2-12-32(35)22-25-47(52)58)57-43-18-8-4-14-36(43)37-15-5-9-19-44(37)57/h2-30H. The van der Waals surface area contributed by atoms with Crippen LogP contribution in [0.15, 0.2) is 176 Å². The Morgan fingerprint density at radius 1 is 0.450 bits per heavy atom. The molecule has 0 bridgehead atoms. The highest BCUT2D eigenvalue weighted by molar-refractivity contribution is 7.26. The maximum atomic E-state index is 11.1. The van der Waals surface area contributed by atoms with Gasteiger partial charge in [-0.2, -0.15) is 5.26 Å². The van der Waals surface area contributed by atoms with Gasteiger partial charge < -0.3 is 13.7 Å². The van der Waals surface area contributed by atoms with Gasteiger partial charge >= 0.3 is 0 Å². The lowest BCUT2D eigenvalue weighted by atomic mass is 10.0. The molecule has 0 atom stereocenters. The Morgan fingerprint density at radius 2 is 1.03 bits per heavy atom. The van der Waals surface area contributed by atoms with E-state index in [1.165, 1.54) is 30.9 Å². The van der Waals surface area contributed by atoms with E-state index in [4.69, 9.17) is 6.57 Å². The molecule has 0 radical (unpaired) electrons. The number of thiophene rings is 1. The fourth-order valence-electron chi connectivity index (χ4n) is 9.98. The summed E-state index contributed by atoms with van der Waals surface area (Å²) in [5.41, 5.74) is 9.65. The van der Waals surface area contributed by atoms with Crippen molar-refractivity contribution in [2.45, 2.75) is 0 Å². The number of benzene rings is 9. The van der Waals surface area contributed by atoms with Crippen LogP contribution in [-0.4, -0.2) is 13.7 Å². The van der Waals surface area contributed by atoms with E-state index in [2.05, 4.69) is 182 Å². The van der Waals surface area contributed by atoms with Gasteiger partial charge in [-0.1, -0.05) is 109 Å². The summed E-state index contributed by atoms with van der Waals surface area (Å²) in [7, 11) is 0. The highest BCUT2D eigenvalue weighted by Gasteiger charge is 2.24.